The van der Waals surface area contributed by atoms with Crippen molar-refractivity contribution in [1.82, 2.24) is 5.32 Å². The van der Waals surface area contributed by atoms with Gasteiger partial charge < -0.3 is 5.32 Å². The van der Waals surface area contributed by atoms with Crippen LogP contribution in [0.15, 0.2) is 0 Å². The molecule has 0 heterocycles. The second-order valence-corrected chi connectivity index (χ2v) is 7.53. The fourth-order valence-electron chi connectivity index (χ4n) is 4.41. The van der Waals surface area contributed by atoms with E-state index in [4.69, 9.17) is 0 Å². The van der Waals surface area contributed by atoms with E-state index in [1.807, 2.05) is 0 Å². The van der Waals surface area contributed by atoms with Gasteiger partial charge in [0.25, 0.3) is 0 Å². The molecule has 0 aliphatic heterocycles. The highest BCUT2D eigenvalue weighted by molar-refractivity contribution is 4.93. The van der Waals surface area contributed by atoms with Crippen molar-refractivity contribution in [3.8, 4) is 0 Å². The maximum atomic E-state index is 3.87. The van der Waals surface area contributed by atoms with Crippen molar-refractivity contribution in [2.24, 2.45) is 10.8 Å². The molecule has 0 radical (unpaired) electrons. The second-order valence-electron chi connectivity index (χ2n) is 7.53. The topological polar surface area (TPSA) is 12.0 Å². The molecule has 0 unspecified atom stereocenters. The zero-order chi connectivity index (χ0) is 11.8. The summed E-state index contributed by atoms with van der Waals surface area (Å²) in [6, 6.07) is 0.846. The zero-order valence-corrected chi connectivity index (χ0v) is 11.6. The van der Waals surface area contributed by atoms with Crippen molar-refractivity contribution in [2.45, 2.75) is 83.6 Å². The average molecular weight is 235 g/mol. The molecule has 1 spiro atoms. The molecular weight excluding hydrogens is 206 g/mol. The predicted molar refractivity (Wildman–Crippen MR) is 73.1 cm³/mol. The smallest absolute Gasteiger partial charge is 0.00677 e. The van der Waals surface area contributed by atoms with Crippen LogP contribution in [0.5, 0.6) is 0 Å². The minimum Gasteiger partial charge on any atom is -0.313 e. The van der Waals surface area contributed by atoms with Gasteiger partial charge in [0.05, 0.1) is 0 Å². The van der Waals surface area contributed by atoms with Crippen molar-refractivity contribution in [2.75, 3.05) is 6.54 Å². The van der Waals surface area contributed by atoms with E-state index in [2.05, 4.69) is 12.2 Å². The number of hydrogen-bond donors (Lipinski definition) is 1. The Hall–Kier alpha value is -0.0400. The minimum atomic E-state index is 0.655. The Morgan fingerprint density at radius 3 is 2.06 bits per heavy atom. The van der Waals surface area contributed by atoms with Crippen LogP contribution in [0.25, 0.3) is 0 Å². The van der Waals surface area contributed by atoms with E-state index < -0.39 is 0 Å². The summed E-state index contributed by atoms with van der Waals surface area (Å²) in [4.78, 5) is 0. The summed E-state index contributed by atoms with van der Waals surface area (Å²) in [6.45, 7) is 3.75. The molecule has 0 aromatic rings. The van der Waals surface area contributed by atoms with Gasteiger partial charge in [-0.3, -0.25) is 0 Å². The van der Waals surface area contributed by atoms with Gasteiger partial charge in [-0.25, -0.2) is 0 Å². The van der Waals surface area contributed by atoms with E-state index in [0.29, 0.717) is 5.41 Å². The quantitative estimate of drug-likeness (QED) is 0.770. The third-order valence-electron chi connectivity index (χ3n) is 6.09. The Labute approximate surface area is 107 Å². The van der Waals surface area contributed by atoms with E-state index in [1.165, 1.54) is 77.2 Å². The van der Waals surface area contributed by atoms with E-state index in [-0.39, 0.29) is 0 Å². The molecule has 3 rings (SSSR count). The molecule has 0 bridgehead atoms. The highest BCUT2D eigenvalue weighted by Gasteiger charge is 2.38. The molecule has 0 amide bonds. The summed E-state index contributed by atoms with van der Waals surface area (Å²) < 4.78 is 0. The lowest BCUT2D eigenvalue weighted by atomic mass is 9.69. The fraction of sp³-hybridized carbons (Fsp3) is 1.00. The second kappa shape index (κ2) is 4.57. The van der Waals surface area contributed by atoms with Gasteiger partial charge in [-0.2, -0.15) is 0 Å². The van der Waals surface area contributed by atoms with Crippen molar-refractivity contribution >= 4 is 0 Å². The molecule has 17 heavy (non-hydrogen) atoms. The summed E-state index contributed by atoms with van der Waals surface area (Å²) >= 11 is 0. The van der Waals surface area contributed by atoms with Gasteiger partial charge in [0, 0.05) is 12.6 Å². The van der Waals surface area contributed by atoms with Crippen molar-refractivity contribution in [3.63, 3.8) is 0 Å². The van der Waals surface area contributed by atoms with Crippen LogP contribution in [0, 0.1) is 10.8 Å². The van der Waals surface area contributed by atoms with Gasteiger partial charge in [0.2, 0.25) is 0 Å². The molecule has 0 aromatic heterocycles. The van der Waals surface area contributed by atoms with Crippen LogP contribution in [0.1, 0.15) is 77.6 Å². The van der Waals surface area contributed by atoms with Gasteiger partial charge in [0.1, 0.15) is 0 Å². The summed E-state index contributed by atoms with van der Waals surface area (Å²) in [5, 5.41) is 3.87. The summed E-state index contributed by atoms with van der Waals surface area (Å²) in [7, 11) is 0. The van der Waals surface area contributed by atoms with Gasteiger partial charge >= 0.3 is 0 Å². The van der Waals surface area contributed by atoms with Crippen molar-refractivity contribution < 1.29 is 0 Å². The summed E-state index contributed by atoms with van der Waals surface area (Å²) in [5.74, 6) is 0. The molecule has 0 saturated heterocycles. The average Bonchev–Trinajstić information content (AvgIpc) is 2.75. The Morgan fingerprint density at radius 2 is 1.53 bits per heavy atom. The molecule has 3 aliphatic rings. The summed E-state index contributed by atoms with van der Waals surface area (Å²) in [5.41, 5.74) is 1.46. The van der Waals surface area contributed by atoms with Crippen LogP contribution in [0.3, 0.4) is 0 Å². The highest BCUT2D eigenvalue weighted by atomic mass is 14.9. The lowest BCUT2D eigenvalue weighted by Gasteiger charge is -2.42. The SMILES string of the molecule is CC1(CNC2CCC3(CCCC3)CC2)CCC1. The van der Waals surface area contributed by atoms with Crippen LogP contribution in [-0.2, 0) is 0 Å². The molecule has 3 saturated carbocycles. The first-order valence-electron chi connectivity index (χ1n) is 7.93. The maximum absolute atomic E-state index is 3.87. The van der Waals surface area contributed by atoms with Gasteiger partial charge in [0.15, 0.2) is 0 Å². The van der Waals surface area contributed by atoms with Gasteiger partial charge in [-0.05, 0) is 62.2 Å². The maximum Gasteiger partial charge on any atom is 0.00677 e. The first-order chi connectivity index (χ1) is 8.20. The van der Waals surface area contributed by atoms with Crippen molar-refractivity contribution in [3.05, 3.63) is 0 Å². The molecule has 1 N–H and O–H groups in total. The number of nitrogens with one attached hydrogen (secondary N) is 1. The Kier molecular flexibility index (Phi) is 3.23. The Morgan fingerprint density at radius 1 is 0.882 bits per heavy atom. The van der Waals surface area contributed by atoms with E-state index in [9.17, 15) is 0 Å². The summed E-state index contributed by atoms with van der Waals surface area (Å²) in [6.07, 6.45) is 16.4. The molecule has 1 heteroatoms. The lowest BCUT2D eigenvalue weighted by Crippen LogP contribution is -2.44. The Bertz CT molecular complexity index is 251. The van der Waals surface area contributed by atoms with Crippen LogP contribution >= 0.6 is 0 Å². The largest absolute Gasteiger partial charge is 0.313 e. The van der Waals surface area contributed by atoms with Crippen molar-refractivity contribution in [1.29, 1.82) is 0 Å². The number of hydrogen-bond acceptors (Lipinski definition) is 1. The van der Waals surface area contributed by atoms with Gasteiger partial charge in [-0.1, -0.05) is 26.2 Å². The number of rotatable bonds is 3. The molecule has 3 aliphatic carbocycles. The molecule has 3 fully saturated rings. The molecule has 98 valence electrons. The zero-order valence-electron chi connectivity index (χ0n) is 11.6. The normalized spacial score (nSPS) is 31.6. The molecule has 0 aromatic carbocycles. The van der Waals surface area contributed by atoms with Crippen LogP contribution in [0.2, 0.25) is 0 Å². The molecule has 0 atom stereocenters. The first-order valence-corrected chi connectivity index (χ1v) is 7.93. The predicted octanol–water partition coefficient (Wildman–Crippen LogP) is 4.27. The van der Waals surface area contributed by atoms with Gasteiger partial charge in [-0.15, -0.1) is 0 Å². The minimum absolute atomic E-state index is 0.655. The van der Waals surface area contributed by atoms with E-state index >= 15 is 0 Å². The molecular formula is C16H29N. The van der Waals surface area contributed by atoms with E-state index in [0.717, 1.165) is 11.5 Å². The molecule has 1 nitrogen and oxygen atoms in total. The standard InChI is InChI=1S/C16H29N/c1-15(7-4-8-15)13-17-14-5-11-16(12-6-14)9-2-3-10-16/h14,17H,2-13H2,1H3. The first kappa shape index (κ1) is 12.0. The van der Waals surface area contributed by atoms with Crippen LogP contribution < -0.4 is 5.32 Å². The fourth-order valence-corrected chi connectivity index (χ4v) is 4.41. The third-order valence-corrected chi connectivity index (χ3v) is 6.09. The monoisotopic (exact) mass is 235 g/mol. The highest BCUT2D eigenvalue weighted by Crippen LogP contribution is 2.49. The Balaban J connectivity index is 1.42. The van der Waals surface area contributed by atoms with Crippen LogP contribution in [0.4, 0.5) is 0 Å². The van der Waals surface area contributed by atoms with E-state index in [1.54, 1.807) is 0 Å². The van der Waals surface area contributed by atoms with Crippen LogP contribution in [-0.4, -0.2) is 12.6 Å². The lowest BCUT2D eigenvalue weighted by molar-refractivity contribution is 0.125. The third kappa shape index (κ3) is 2.54.